The number of halogens is 3. The minimum absolute atomic E-state index is 0.0127. The van der Waals surface area contributed by atoms with Crippen molar-refractivity contribution in [1.29, 1.82) is 0 Å². The highest BCUT2D eigenvalue weighted by Crippen LogP contribution is 2.26. The van der Waals surface area contributed by atoms with Crippen LogP contribution in [0, 0.1) is 5.82 Å². The lowest BCUT2D eigenvalue weighted by atomic mass is 10.1. The number of ketones is 1. The summed E-state index contributed by atoms with van der Waals surface area (Å²) in [7, 11) is 0. The van der Waals surface area contributed by atoms with E-state index in [0.717, 1.165) is 6.07 Å². The fraction of sp³-hybridized carbons (Fsp3) is 0.273. The Balaban J connectivity index is 2.75. The van der Waals surface area contributed by atoms with Gasteiger partial charge in [-0.2, -0.15) is 0 Å². The number of carboxylic acids is 1. The Morgan fingerprint density at radius 2 is 2.00 bits per heavy atom. The summed E-state index contributed by atoms with van der Waals surface area (Å²) < 4.78 is 13.8. The molecule has 0 unspecified atom stereocenters. The maximum absolute atomic E-state index is 13.4. The third-order valence-corrected chi connectivity index (χ3v) is 3.30. The monoisotopic (exact) mass is 322 g/mol. The Kier molecular flexibility index (Phi) is 5.08. The quantitative estimate of drug-likeness (QED) is 0.664. The van der Waals surface area contributed by atoms with Crippen LogP contribution < -0.4 is 0 Å². The van der Waals surface area contributed by atoms with Crippen molar-refractivity contribution in [3.8, 4) is 0 Å². The van der Waals surface area contributed by atoms with Crippen molar-refractivity contribution in [3.63, 3.8) is 0 Å². The fourth-order valence-corrected chi connectivity index (χ4v) is 1.75. The molecule has 17 heavy (non-hydrogen) atoms. The molecule has 1 N–H and O–H groups in total. The number of hydrogen-bond acceptors (Lipinski definition) is 2. The van der Waals surface area contributed by atoms with Crippen molar-refractivity contribution in [2.45, 2.75) is 19.3 Å². The molecule has 92 valence electrons. The summed E-state index contributed by atoms with van der Waals surface area (Å²) in [5, 5.41) is 8.66. The van der Waals surface area contributed by atoms with Crippen molar-refractivity contribution >= 4 is 39.3 Å². The maximum atomic E-state index is 13.4. The van der Waals surface area contributed by atoms with Gasteiger partial charge in [-0.1, -0.05) is 11.6 Å². The molecule has 0 aliphatic rings. The topological polar surface area (TPSA) is 54.4 Å². The van der Waals surface area contributed by atoms with Crippen molar-refractivity contribution < 1.29 is 19.1 Å². The molecule has 1 rings (SSSR count). The Hall–Kier alpha value is -0.940. The second-order valence-corrected chi connectivity index (χ2v) is 4.68. The first-order valence-corrected chi connectivity index (χ1v) is 5.98. The molecule has 3 nitrogen and oxygen atoms in total. The van der Waals surface area contributed by atoms with Crippen LogP contribution in [0.25, 0.3) is 0 Å². The third-order valence-electron chi connectivity index (χ3n) is 2.10. The summed E-state index contributed by atoms with van der Waals surface area (Å²) in [6.45, 7) is 0. The highest BCUT2D eigenvalue weighted by Gasteiger charge is 2.14. The number of rotatable bonds is 5. The number of carbonyl (C=O) groups excluding carboxylic acids is 1. The molecule has 0 saturated heterocycles. The Morgan fingerprint density at radius 3 is 2.59 bits per heavy atom. The van der Waals surface area contributed by atoms with Crippen LogP contribution in [0.3, 0.4) is 0 Å². The summed E-state index contributed by atoms with van der Waals surface area (Å²) >= 11 is 8.79. The number of benzene rings is 1. The number of aliphatic carboxylic acids is 1. The lowest BCUT2D eigenvalue weighted by molar-refractivity contribution is -0.137. The second kappa shape index (κ2) is 6.12. The summed E-state index contributed by atoms with van der Waals surface area (Å²) in [4.78, 5) is 21.9. The molecule has 0 saturated carbocycles. The Bertz CT molecular complexity index is 462. The molecular formula is C11H9BrClFO3. The highest BCUT2D eigenvalue weighted by atomic mass is 79.9. The first kappa shape index (κ1) is 14.1. The van der Waals surface area contributed by atoms with Crippen LogP contribution in [0.2, 0.25) is 5.02 Å². The predicted octanol–water partition coefficient (Wildman–Crippen LogP) is 3.68. The van der Waals surface area contributed by atoms with Gasteiger partial charge in [0, 0.05) is 17.3 Å². The van der Waals surface area contributed by atoms with Gasteiger partial charge in [0.2, 0.25) is 0 Å². The summed E-state index contributed by atoms with van der Waals surface area (Å²) in [5.74, 6) is -2.09. The van der Waals surface area contributed by atoms with E-state index < -0.39 is 17.6 Å². The summed E-state index contributed by atoms with van der Waals surface area (Å²) in [5.41, 5.74) is -0.108. The van der Waals surface area contributed by atoms with Gasteiger partial charge in [-0.3, -0.25) is 9.59 Å². The molecule has 0 bridgehead atoms. The van der Waals surface area contributed by atoms with E-state index in [1.54, 1.807) is 0 Å². The van der Waals surface area contributed by atoms with Gasteiger partial charge in [-0.25, -0.2) is 4.39 Å². The molecule has 0 atom stereocenters. The smallest absolute Gasteiger partial charge is 0.303 e. The van der Waals surface area contributed by atoms with Gasteiger partial charge in [0.15, 0.2) is 5.78 Å². The van der Waals surface area contributed by atoms with Gasteiger partial charge in [-0.05, 0) is 34.5 Å². The van der Waals surface area contributed by atoms with E-state index in [4.69, 9.17) is 16.7 Å². The standard InChI is InChI=1S/C11H9BrClFO3/c12-7-5-9(14)6(4-8(7)13)10(15)2-1-3-11(16)17/h4-5H,1-3H2,(H,16,17). The molecule has 0 heterocycles. The normalized spacial score (nSPS) is 10.3. The number of carboxylic acid groups (broad SMARTS) is 1. The van der Waals surface area contributed by atoms with E-state index >= 15 is 0 Å². The van der Waals surface area contributed by atoms with Crippen LogP contribution in [0.1, 0.15) is 29.6 Å². The van der Waals surface area contributed by atoms with E-state index in [2.05, 4.69) is 15.9 Å². The summed E-state index contributed by atoms with van der Waals surface area (Å²) in [6.07, 6.45) is 0.0556. The Morgan fingerprint density at radius 1 is 1.35 bits per heavy atom. The third kappa shape index (κ3) is 4.09. The molecule has 1 aromatic carbocycles. The molecule has 0 radical (unpaired) electrons. The second-order valence-electron chi connectivity index (χ2n) is 3.42. The van der Waals surface area contributed by atoms with E-state index in [0.29, 0.717) is 4.47 Å². The average Bonchev–Trinajstić information content (AvgIpc) is 2.22. The SMILES string of the molecule is O=C(O)CCCC(=O)c1cc(Cl)c(Br)cc1F. The lowest BCUT2D eigenvalue weighted by Crippen LogP contribution is -2.04. The highest BCUT2D eigenvalue weighted by molar-refractivity contribution is 9.10. The molecule has 0 spiro atoms. The van der Waals surface area contributed by atoms with E-state index in [1.165, 1.54) is 6.07 Å². The number of hydrogen-bond donors (Lipinski definition) is 1. The van der Waals surface area contributed by atoms with Gasteiger partial charge < -0.3 is 5.11 Å². The van der Waals surface area contributed by atoms with Crippen LogP contribution >= 0.6 is 27.5 Å². The van der Waals surface area contributed by atoms with Crippen molar-refractivity contribution in [3.05, 3.63) is 33.0 Å². The fourth-order valence-electron chi connectivity index (χ4n) is 1.27. The first-order chi connectivity index (χ1) is 7.91. The first-order valence-electron chi connectivity index (χ1n) is 4.81. The molecule has 0 aliphatic heterocycles. The van der Waals surface area contributed by atoms with Crippen LogP contribution in [-0.4, -0.2) is 16.9 Å². The molecule has 1 aromatic rings. The minimum Gasteiger partial charge on any atom is -0.481 e. The molecule has 0 aromatic heterocycles. The van der Waals surface area contributed by atoms with Crippen LogP contribution in [-0.2, 0) is 4.79 Å². The van der Waals surface area contributed by atoms with Gasteiger partial charge in [0.05, 0.1) is 10.6 Å². The van der Waals surface area contributed by atoms with E-state index in [9.17, 15) is 14.0 Å². The molecule has 6 heteroatoms. The van der Waals surface area contributed by atoms with E-state index in [1.807, 2.05) is 0 Å². The maximum Gasteiger partial charge on any atom is 0.303 e. The molecular weight excluding hydrogens is 314 g/mol. The van der Waals surface area contributed by atoms with Gasteiger partial charge >= 0.3 is 5.97 Å². The van der Waals surface area contributed by atoms with Crippen molar-refractivity contribution in [2.75, 3.05) is 0 Å². The zero-order valence-electron chi connectivity index (χ0n) is 8.67. The Labute approximate surface area is 111 Å². The predicted molar refractivity (Wildman–Crippen MR) is 64.9 cm³/mol. The van der Waals surface area contributed by atoms with Gasteiger partial charge in [0.25, 0.3) is 0 Å². The lowest BCUT2D eigenvalue weighted by Gasteiger charge is -2.04. The zero-order valence-corrected chi connectivity index (χ0v) is 11.0. The minimum atomic E-state index is -0.980. The van der Waals surface area contributed by atoms with Gasteiger partial charge in [-0.15, -0.1) is 0 Å². The molecule has 0 amide bonds. The van der Waals surface area contributed by atoms with Crippen molar-refractivity contribution in [2.24, 2.45) is 0 Å². The number of Topliss-reactive ketones (excluding diaryl/α,β-unsaturated/α-hetero) is 1. The van der Waals surface area contributed by atoms with Crippen LogP contribution in [0.5, 0.6) is 0 Å². The zero-order chi connectivity index (χ0) is 13.0. The van der Waals surface area contributed by atoms with Crippen LogP contribution in [0.4, 0.5) is 4.39 Å². The van der Waals surface area contributed by atoms with Crippen molar-refractivity contribution in [1.82, 2.24) is 0 Å². The largest absolute Gasteiger partial charge is 0.481 e. The molecule has 0 fully saturated rings. The average molecular weight is 324 g/mol. The molecule has 0 aliphatic carbocycles. The summed E-state index contributed by atoms with van der Waals surface area (Å²) in [6, 6.07) is 2.36. The van der Waals surface area contributed by atoms with Crippen LogP contribution in [0.15, 0.2) is 16.6 Å². The number of carbonyl (C=O) groups is 2. The van der Waals surface area contributed by atoms with Gasteiger partial charge in [0.1, 0.15) is 5.82 Å². The van der Waals surface area contributed by atoms with E-state index in [-0.39, 0.29) is 29.8 Å².